The van der Waals surface area contributed by atoms with Crippen LogP contribution in [0.5, 0.6) is 0 Å². The van der Waals surface area contributed by atoms with Crippen molar-refractivity contribution in [2.75, 3.05) is 29.7 Å². The SMILES string of the molecule is CO[C@H](C)[C@H]1C(=O)Nc2c(cc(NCc3cnn(Cc4ccc(C(F)(F)F)o4)c3)nc2C)N1C. The second-order valence-corrected chi connectivity index (χ2v) is 8.14. The maximum atomic E-state index is 12.7. The van der Waals surface area contributed by atoms with Gasteiger partial charge in [-0.05, 0) is 26.0 Å². The minimum Gasteiger partial charge on any atom is -0.455 e. The quantitative estimate of drug-likeness (QED) is 0.535. The van der Waals surface area contributed by atoms with E-state index in [0.29, 0.717) is 23.7 Å². The van der Waals surface area contributed by atoms with Crippen molar-refractivity contribution < 1.29 is 27.1 Å². The second-order valence-electron chi connectivity index (χ2n) is 8.14. The molecule has 4 rings (SSSR count). The molecule has 0 radical (unpaired) electrons. The number of rotatable bonds is 7. The Bertz CT molecular complexity index is 1190. The number of halogens is 3. The summed E-state index contributed by atoms with van der Waals surface area (Å²) < 4.78 is 49.8. The van der Waals surface area contributed by atoms with Crippen molar-refractivity contribution in [1.29, 1.82) is 0 Å². The number of pyridine rings is 1. The minimum atomic E-state index is -4.52. The first-order valence-electron chi connectivity index (χ1n) is 10.6. The number of anilines is 3. The van der Waals surface area contributed by atoms with E-state index in [1.54, 1.807) is 19.5 Å². The number of fused-ring (bicyclic) bond motifs is 1. The Morgan fingerprint density at radius 1 is 1.35 bits per heavy atom. The van der Waals surface area contributed by atoms with Gasteiger partial charge in [0, 0.05) is 38.5 Å². The first-order valence-corrected chi connectivity index (χ1v) is 10.6. The van der Waals surface area contributed by atoms with Crippen LogP contribution in [0.25, 0.3) is 0 Å². The normalized spacial score (nSPS) is 16.9. The molecule has 0 aliphatic carbocycles. The first-order chi connectivity index (χ1) is 16.1. The van der Waals surface area contributed by atoms with E-state index in [4.69, 9.17) is 9.15 Å². The molecule has 1 aliphatic heterocycles. The van der Waals surface area contributed by atoms with Crippen molar-refractivity contribution >= 4 is 23.1 Å². The van der Waals surface area contributed by atoms with Crippen molar-refractivity contribution in [1.82, 2.24) is 14.8 Å². The monoisotopic (exact) mass is 478 g/mol. The molecular formula is C22H25F3N6O3. The lowest BCUT2D eigenvalue weighted by Gasteiger charge is -2.38. The van der Waals surface area contributed by atoms with E-state index in [-0.39, 0.29) is 24.3 Å². The summed E-state index contributed by atoms with van der Waals surface area (Å²) in [6, 6.07) is 3.56. The summed E-state index contributed by atoms with van der Waals surface area (Å²) >= 11 is 0. The van der Waals surface area contributed by atoms with Crippen molar-refractivity contribution in [3.05, 3.63) is 53.4 Å². The fraction of sp³-hybridized carbons (Fsp3) is 0.409. The lowest BCUT2D eigenvalue weighted by atomic mass is 10.0. The van der Waals surface area contributed by atoms with Crippen molar-refractivity contribution in [2.24, 2.45) is 0 Å². The van der Waals surface area contributed by atoms with Gasteiger partial charge in [-0.1, -0.05) is 0 Å². The number of furan rings is 1. The minimum absolute atomic E-state index is 0.0792. The molecule has 0 saturated carbocycles. The van der Waals surface area contributed by atoms with Crippen molar-refractivity contribution in [2.45, 2.75) is 45.3 Å². The van der Waals surface area contributed by atoms with Crippen LogP contribution >= 0.6 is 0 Å². The maximum absolute atomic E-state index is 12.7. The van der Waals surface area contributed by atoms with Crippen LogP contribution in [0.4, 0.5) is 30.4 Å². The molecule has 3 aromatic rings. The van der Waals surface area contributed by atoms with E-state index in [1.165, 1.54) is 10.7 Å². The van der Waals surface area contributed by atoms with Gasteiger partial charge in [-0.15, -0.1) is 0 Å². The summed E-state index contributed by atoms with van der Waals surface area (Å²) in [5.41, 5.74) is 2.95. The molecule has 0 saturated heterocycles. The number of ether oxygens (including phenoxy) is 1. The molecule has 2 atom stereocenters. The molecule has 0 bridgehead atoms. The van der Waals surface area contributed by atoms with Crippen molar-refractivity contribution in [3.8, 4) is 0 Å². The summed E-state index contributed by atoms with van der Waals surface area (Å²) in [4.78, 5) is 19.0. The third kappa shape index (κ3) is 4.72. The van der Waals surface area contributed by atoms with E-state index < -0.39 is 18.0 Å². The Labute approximate surface area is 193 Å². The van der Waals surface area contributed by atoms with Crippen LogP contribution in [-0.2, 0) is 28.8 Å². The van der Waals surface area contributed by atoms with Gasteiger partial charge < -0.3 is 24.7 Å². The molecule has 0 aromatic carbocycles. The Hall–Kier alpha value is -3.54. The predicted molar refractivity (Wildman–Crippen MR) is 119 cm³/mol. The maximum Gasteiger partial charge on any atom is 0.449 e. The molecule has 12 heteroatoms. The number of nitrogens with one attached hydrogen (secondary N) is 2. The number of hydrogen-bond acceptors (Lipinski definition) is 7. The topological polar surface area (TPSA) is 97.5 Å². The van der Waals surface area contributed by atoms with Gasteiger partial charge in [0.2, 0.25) is 11.7 Å². The zero-order valence-electron chi connectivity index (χ0n) is 19.1. The zero-order chi connectivity index (χ0) is 24.6. The average molecular weight is 478 g/mol. The molecule has 3 aromatic heterocycles. The molecule has 9 nitrogen and oxygen atoms in total. The number of aryl methyl sites for hydroxylation is 1. The fourth-order valence-electron chi connectivity index (χ4n) is 3.91. The smallest absolute Gasteiger partial charge is 0.449 e. The second kappa shape index (κ2) is 9.01. The highest BCUT2D eigenvalue weighted by molar-refractivity contribution is 6.04. The highest BCUT2D eigenvalue weighted by Crippen LogP contribution is 2.36. The van der Waals surface area contributed by atoms with Gasteiger partial charge in [0.25, 0.3) is 0 Å². The molecule has 1 aliphatic rings. The van der Waals surface area contributed by atoms with Crippen LogP contribution in [0, 0.1) is 6.92 Å². The number of methoxy groups -OCH3 is 1. The summed E-state index contributed by atoms with van der Waals surface area (Å²) in [5, 5.41) is 10.3. The third-order valence-electron chi connectivity index (χ3n) is 5.73. The van der Waals surface area contributed by atoms with Crippen LogP contribution in [0.3, 0.4) is 0 Å². The predicted octanol–water partition coefficient (Wildman–Crippen LogP) is 3.65. The number of carbonyl (C=O) groups is 1. The number of alkyl halides is 3. The number of likely N-dealkylation sites (N-methyl/N-ethyl adjacent to an activating group) is 1. The van der Waals surface area contributed by atoms with Crippen LogP contribution in [0.2, 0.25) is 0 Å². The van der Waals surface area contributed by atoms with E-state index in [2.05, 4.69) is 20.7 Å². The van der Waals surface area contributed by atoms with Crippen LogP contribution in [0.1, 0.15) is 29.7 Å². The Morgan fingerprint density at radius 2 is 2.12 bits per heavy atom. The highest BCUT2D eigenvalue weighted by atomic mass is 19.4. The standard InChI is InChI=1S/C22H25F3N6O3/c1-12-19-16(30(3)20(13(2)33-4)21(32)29-19)7-18(28-12)26-8-14-9-27-31(10-14)11-15-5-6-17(34-15)22(23,24)25/h5-7,9-10,13,20H,8,11H2,1-4H3,(H,26,28)(H,29,32)/t13-,20+/m1/s1. The van der Waals surface area contributed by atoms with Gasteiger partial charge in [0.1, 0.15) is 17.6 Å². The number of carbonyl (C=O) groups excluding carboxylic acids is 1. The number of amides is 1. The largest absolute Gasteiger partial charge is 0.455 e. The molecule has 0 unspecified atom stereocenters. The third-order valence-corrected chi connectivity index (χ3v) is 5.73. The summed E-state index contributed by atoms with van der Waals surface area (Å²) in [6.45, 7) is 4.12. The molecule has 0 fully saturated rings. The Balaban J connectivity index is 1.44. The van der Waals surface area contributed by atoms with Gasteiger partial charge in [-0.2, -0.15) is 18.3 Å². The van der Waals surface area contributed by atoms with Crippen LogP contribution < -0.4 is 15.5 Å². The number of aromatic nitrogens is 3. The molecular weight excluding hydrogens is 453 g/mol. The summed E-state index contributed by atoms with van der Waals surface area (Å²) in [5.74, 6) is -0.418. The van der Waals surface area contributed by atoms with Crippen LogP contribution in [0.15, 0.2) is 35.0 Å². The molecule has 4 heterocycles. The van der Waals surface area contributed by atoms with Gasteiger partial charge in [0.05, 0.1) is 35.9 Å². The van der Waals surface area contributed by atoms with E-state index in [9.17, 15) is 18.0 Å². The van der Waals surface area contributed by atoms with Gasteiger partial charge in [0.15, 0.2) is 0 Å². The zero-order valence-corrected chi connectivity index (χ0v) is 19.1. The highest BCUT2D eigenvalue weighted by Gasteiger charge is 2.36. The van der Waals surface area contributed by atoms with E-state index in [1.807, 2.05) is 31.9 Å². The first kappa shape index (κ1) is 23.6. The Morgan fingerprint density at radius 3 is 2.79 bits per heavy atom. The Kier molecular flexibility index (Phi) is 6.26. The summed E-state index contributed by atoms with van der Waals surface area (Å²) in [7, 11) is 3.40. The number of hydrogen-bond donors (Lipinski definition) is 2. The van der Waals surface area contributed by atoms with Gasteiger partial charge in [-0.3, -0.25) is 9.48 Å². The molecule has 1 amide bonds. The summed E-state index contributed by atoms with van der Waals surface area (Å²) in [6.07, 6.45) is -1.49. The van der Waals surface area contributed by atoms with E-state index >= 15 is 0 Å². The number of nitrogens with zero attached hydrogens (tertiary/aromatic N) is 4. The van der Waals surface area contributed by atoms with Crippen molar-refractivity contribution in [3.63, 3.8) is 0 Å². The molecule has 2 N–H and O–H groups in total. The lowest BCUT2D eigenvalue weighted by molar-refractivity contribution is -0.153. The fourth-order valence-corrected chi connectivity index (χ4v) is 3.91. The van der Waals surface area contributed by atoms with Gasteiger partial charge in [-0.25, -0.2) is 4.98 Å². The lowest BCUT2D eigenvalue weighted by Crippen LogP contribution is -2.52. The van der Waals surface area contributed by atoms with Crippen LogP contribution in [-0.4, -0.2) is 47.0 Å². The average Bonchev–Trinajstić information content (AvgIpc) is 3.43. The van der Waals surface area contributed by atoms with E-state index in [0.717, 1.165) is 17.3 Å². The molecule has 182 valence electrons. The molecule has 34 heavy (non-hydrogen) atoms. The van der Waals surface area contributed by atoms with Gasteiger partial charge >= 0.3 is 6.18 Å². The molecule has 0 spiro atoms.